The van der Waals surface area contributed by atoms with Crippen LogP contribution >= 0.6 is 0 Å². The average molecular weight is 430 g/mol. The predicted molar refractivity (Wildman–Crippen MR) is 122 cm³/mol. The molecule has 8 heteroatoms. The van der Waals surface area contributed by atoms with Crippen LogP contribution in [0.25, 0.3) is 0 Å². The van der Waals surface area contributed by atoms with E-state index >= 15 is 0 Å². The van der Waals surface area contributed by atoms with Gasteiger partial charge >= 0.3 is 0 Å². The minimum atomic E-state index is -0.404. The number of hydrazone groups is 2. The molecule has 0 atom stereocenters. The van der Waals surface area contributed by atoms with E-state index in [-0.39, 0.29) is 13.2 Å². The second-order valence-electron chi connectivity index (χ2n) is 6.46. The number of carbonyl (C=O) groups is 2. The Morgan fingerprint density at radius 2 is 1.09 bits per heavy atom. The summed E-state index contributed by atoms with van der Waals surface area (Å²) in [5, 5.41) is 7.76. The molecule has 32 heavy (non-hydrogen) atoms. The van der Waals surface area contributed by atoms with Crippen LogP contribution in [0.2, 0.25) is 0 Å². The van der Waals surface area contributed by atoms with E-state index < -0.39 is 11.8 Å². The van der Waals surface area contributed by atoms with Gasteiger partial charge in [0.2, 0.25) is 0 Å². The summed E-state index contributed by atoms with van der Waals surface area (Å²) in [7, 11) is 0. The molecule has 0 unspecified atom stereocenters. The van der Waals surface area contributed by atoms with E-state index in [9.17, 15) is 9.59 Å². The molecular weight excluding hydrogens is 408 g/mol. The van der Waals surface area contributed by atoms with E-state index in [1.165, 1.54) is 0 Å². The Morgan fingerprint density at radius 1 is 0.656 bits per heavy atom. The number of ether oxygens (including phenoxy) is 2. The van der Waals surface area contributed by atoms with E-state index in [0.717, 1.165) is 11.1 Å². The zero-order valence-electron chi connectivity index (χ0n) is 17.2. The first kappa shape index (κ1) is 22.2. The van der Waals surface area contributed by atoms with Crippen LogP contribution in [0.1, 0.15) is 11.1 Å². The monoisotopic (exact) mass is 430 g/mol. The summed E-state index contributed by atoms with van der Waals surface area (Å²) in [6, 6.07) is 25.4. The Morgan fingerprint density at radius 3 is 1.53 bits per heavy atom. The van der Waals surface area contributed by atoms with Crippen LogP contribution in [-0.4, -0.2) is 37.5 Å². The fourth-order valence-electron chi connectivity index (χ4n) is 2.45. The number of carbonyl (C=O) groups excluding carboxylic acids is 2. The summed E-state index contributed by atoms with van der Waals surface area (Å²) in [5.41, 5.74) is 6.53. The van der Waals surface area contributed by atoms with Crippen molar-refractivity contribution in [1.29, 1.82) is 0 Å². The number of amides is 2. The lowest BCUT2D eigenvalue weighted by Crippen LogP contribution is -2.25. The molecule has 3 rings (SSSR count). The largest absolute Gasteiger partial charge is 0.484 e. The van der Waals surface area contributed by atoms with Gasteiger partial charge in [0.1, 0.15) is 11.5 Å². The third kappa shape index (κ3) is 8.11. The molecule has 0 radical (unpaired) electrons. The third-order valence-electron chi connectivity index (χ3n) is 3.95. The molecule has 0 fully saturated rings. The fraction of sp³-hybridized carbons (Fsp3) is 0.0833. The van der Waals surface area contributed by atoms with E-state index in [2.05, 4.69) is 21.1 Å². The van der Waals surface area contributed by atoms with Crippen LogP contribution in [0.15, 0.2) is 95.1 Å². The van der Waals surface area contributed by atoms with E-state index in [1.807, 2.05) is 60.7 Å². The summed E-state index contributed by atoms with van der Waals surface area (Å²) in [6.45, 7) is -0.436. The Kier molecular flexibility index (Phi) is 8.53. The molecule has 8 nitrogen and oxygen atoms in total. The summed E-state index contributed by atoms with van der Waals surface area (Å²) in [6.07, 6.45) is 3.09. The van der Waals surface area contributed by atoms with E-state index in [0.29, 0.717) is 11.5 Å². The van der Waals surface area contributed by atoms with Gasteiger partial charge < -0.3 is 9.47 Å². The molecule has 2 amide bonds. The van der Waals surface area contributed by atoms with Gasteiger partial charge in [-0.3, -0.25) is 9.59 Å². The molecule has 0 saturated carbocycles. The van der Waals surface area contributed by atoms with Gasteiger partial charge in [-0.25, -0.2) is 10.9 Å². The quantitative estimate of drug-likeness (QED) is 0.381. The SMILES string of the molecule is O=C(COc1cccc(OCC(=O)N/N=C/c2ccccc2)c1)N/N=C/c1ccccc1. The Balaban J connectivity index is 1.38. The highest BCUT2D eigenvalue weighted by atomic mass is 16.5. The lowest BCUT2D eigenvalue weighted by molar-refractivity contribution is -0.123. The predicted octanol–water partition coefficient (Wildman–Crippen LogP) is 2.74. The first-order chi connectivity index (χ1) is 15.7. The number of nitrogens with one attached hydrogen (secondary N) is 2. The van der Waals surface area contributed by atoms with Gasteiger partial charge in [-0.1, -0.05) is 66.7 Å². The zero-order chi connectivity index (χ0) is 22.4. The van der Waals surface area contributed by atoms with Gasteiger partial charge in [0.05, 0.1) is 12.4 Å². The highest BCUT2D eigenvalue weighted by Crippen LogP contribution is 2.19. The number of benzene rings is 3. The second kappa shape index (κ2) is 12.3. The molecule has 0 aliphatic carbocycles. The molecule has 0 aliphatic rings. The summed E-state index contributed by atoms with van der Waals surface area (Å²) < 4.78 is 10.9. The van der Waals surface area contributed by atoms with Crippen LogP contribution in [0.3, 0.4) is 0 Å². The smallest absolute Gasteiger partial charge is 0.277 e. The van der Waals surface area contributed by atoms with Crippen molar-refractivity contribution in [2.75, 3.05) is 13.2 Å². The normalized spacial score (nSPS) is 10.8. The summed E-state index contributed by atoms with van der Waals surface area (Å²) in [4.78, 5) is 23.7. The van der Waals surface area contributed by atoms with Crippen molar-refractivity contribution >= 4 is 24.2 Å². The number of rotatable bonds is 10. The molecule has 0 aromatic heterocycles. The van der Waals surface area contributed by atoms with Gasteiger partial charge in [-0.2, -0.15) is 10.2 Å². The molecule has 0 saturated heterocycles. The summed E-state index contributed by atoms with van der Waals surface area (Å²) in [5.74, 6) is 0.0395. The first-order valence-electron chi connectivity index (χ1n) is 9.78. The van der Waals surface area contributed by atoms with Gasteiger partial charge in [0.15, 0.2) is 13.2 Å². The third-order valence-corrected chi connectivity index (χ3v) is 3.95. The molecule has 162 valence electrons. The number of hydrogen-bond acceptors (Lipinski definition) is 6. The van der Waals surface area contributed by atoms with Gasteiger partial charge in [-0.05, 0) is 23.3 Å². The van der Waals surface area contributed by atoms with Crippen molar-refractivity contribution < 1.29 is 19.1 Å². The Labute approximate surface area is 185 Å². The number of hydrogen-bond donors (Lipinski definition) is 2. The van der Waals surface area contributed by atoms with Crippen molar-refractivity contribution in [1.82, 2.24) is 10.9 Å². The Bertz CT molecular complexity index is 987. The topological polar surface area (TPSA) is 101 Å². The summed E-state index contributed by atoms with van der Waals surface area (Å²) >= 11 is 0. The average Bonchev–Trinajstić information content (AvgIpc) is 2.83. The van der Waals surface area contributed by atoms with Crippen molar-refractivity contribution in [2.24, 2.45) is 10.2 Å². The molecule has 0 bridgehead atoms. The van der Waals surface area contributed by atoms with Gasteiger partial charge in [-0.15, -0.1) is 0 Å². The maximum absolute atomic E-state index is 11.9. The van der Waals surface area contributed by atoms with Crippen molar-refractivity contribution in [3.63, 3.8) is 0 Å². The molecular formula is C24H22N4O4. The lowest BCUT2D eigenvalue weighted by atomic mass is 10.2. The lowest BCUT2D eigenvalue weighted by Gasteiger charge is -2.08. The zero-order valence-corrected chi connectivity index (χ0v) is 17.2. The molecule has 0 heterocycles. The van der Waals surface area contributed by atoms with Gasteiger partial charge in [0.25, 0.3) is 11.8 Å². The standard InChI is InChI=1S/C24H22N4O4/c29-23(27-25-15-19-8-3-1-4-9-19)17-31-21-12-7-13-22(14-21)32-18-24(30)28-26-16-20-10-5-2-6-11-20/h1-16H,17-18H2,(H,27,29)(H,28,30)/b25-15+,26-16+. The molecule has 0 aliphatic heterocycles. The van der Waals surface area contributed by atoms with Crippen molar-refractivity contribution in [3.05, 3.63) is 96.1 Å². The van der Waals surface area contributed by atoms with Crippen molar-refractivity contribution in [3.8, 4) is 11.5 Å². The van der Waals surface area contributed by atoms with Crippen LogP contribution in [0.5, 0.6) is 11.5 Å². The fourth-order valence-corrected chi connectivity index (χ4v) is 2.45. The molecule has 3 aromatic rings. The molecule has 3 aromatic carbocycles. The van der Waals surface area contributed by atoms with Crippen LogP contribution in [0.4, 0.5) is 0 Å². The van der Waals surface area contributed by atoms with Gasteiger partial charge in [0, 0.05) is 6.07 Å². The molecule has 0 spiro atoms. The Hall–Kier alpha value is -4.46. The van der Waals surface area contributed by atoms with Crippen LogP contribution < -0.4 is 20.3 Å². The van der Waals surface area contributed by atoms with Crippen LogP contribution in [-0.2, 0) is 9.59 Å². The molecule has 2 N–H and O–H groups in total. The van der Waals surface area contributed by atoms with E-state index in [1.54, 1.807) is 36.7 Å². The highest BCUT2D eigenvalue weighted by molar-refractivity contribution is 5.83. The first-order valence-corrected chi connectivity index (χ1v) is 9.78. The maximum atomic E-state index is 11.9. The maximum Gasteiger partial charge on any atom is 0.277 e. The van der Waals surface area contributed by atoms with Crippen LogP contribution in [0, 0.1) is 0 Å². The van der Waals surface area contributed by atoms with Crippen molar-refractivity contribution in [2.45, 2.75) is 0 Å². The number of nitrogens with zero attached hydrogens (tertiary/aromatic N) is 2. The van der Waals surface area contributed by atoms with E-state index in [4.69, 9.17) is 9.47 Å². The highest BCUT2D eigenvalue weighted by Gasteiger charge is 2.05. The minimum absolute atomic E-state index is 0.218. The minimum Gasteiger partial charge on any atom is -0.484 e. The second-order valence-corrected chi connectivity index (χ2v) is 6.46.